The third kappa shape index (κ3) is 3.23. The zero-order valence-electron chi connectivity index (χ0n) is 10.7. The number of ketones is 1. The molecule has 0 bridgehead atoms. The van der Waals surface area contributed by atoms with Crippen molar-refractivity contribution in [3.05, 3.63) is 53.9 Å². The van der Waals surface area contributed by atoms with Gasteiger partial charge in [-0.1, -0.05) is 12.1 Å². The average molecular weight is 254 g/mol. The molecule has 2 aromatic rings. The van der Waals surface area contributed by atoms with E-state index in [4.69, 9.17) is 10.00 Å². The van der Waals surface area contributed by atoms with E-state index in [1.807, 2.05) is 31.4 Å². The van der Waals surface area contributed by atoms with Crippen molar-refractivity contribution < 1.29 is 9.53 Å². The van der Waals surface area contributed by atoms with E-state index in [0.717, 1.165) is 5.56 Å². The Kier molecular flexibility index (Phi) is 3.99. The molecule has 0 saturated heterocycles. The van der Waals surface area contributed by atoms with Gasteiger partial charge in [0.05, 0.1) is 18.2 Å². The predicted octanol–water partition coefficient (Wildman–Crippen LogP) is 2.35. The van der Waals surface area contributed by atoms with Crippen molar-refractivity contribution in [1.82, 2.24) is 4.57 Å². The summed E-state index contributed by atoms with van der Waals surface area (Å²) in [5.41, 5.74) is 1.56. The van der Waals surface area contributed by atoms with E-state index in [0.29, 0.717) is 17.9 Å². The molecule has 0 fully saturated rings. The minimum Gasteiger partial charge on any atom is -0.485 e. The Morgan fingerprint density at radius 3 is 2.63 bits per heavy atom. The lowest BCUT2D eigenvalue weighted by molar-refractivity contribution is 0.0913. The molecule has 0 atom stereocenters. The van der Waals surface area contributed by atoms with Crippen molar-refractivity contribution in [1.29, 1.82) is 5.26 Å². The summed E-state index contributed by atoms with van der Waals surface area (Å²) in [5, 5.41) is 8.57. The van der Waals surface area contributed by atoms with E-state index in [2.05, 4.69) is 6.07 Å². The van der Waals surface area contributed by atoms with Crippen LogP contribution >= 0.6 is 0 Å². The van der Waals surface area contributed by atoms with E-state index in [1.165, 1.54) is 0 Å². The molecule has 0 aliphatic carbocycles. The molecule has 1 heterocycles. The minimum atomic E-state index is -0.0615. The molecule has 0 radical (unpaired) electrons. The topological polar surface area (TPSA) is 55.0 Å². The fourth-order valence-corrected chi connectivity index (χ4v) is 1.77. The quantitative estimate of drug-likeness (QED) is 0.770. The van der Waals surface area contributed by atoms with Crippen LogP contribution in [0.2, 0.25) is 0 Å². The molecule has 0 aliphatic heterocycles. The van der Waals surface area contributed by atoms with Crippen LogP contribution in [0.1, 0.15) is 16.1 Å². The van der Waals surface area contributed by atoms with Gasteiger partial charge in [-0.05, 0) is 29.8 Å². The van der Waals surface area contributed by atoms with E-state index >= 15 is 0 Å². The summed E-state index contributed by atoms with van der Waals surface area (Å²) >= 11 is 0. The number of Topliss-reactive ketones (excluding diaryl/α,β-unsaturated/α-hetero) is 1. The van der Waals surface area contributed by atoms with Crippen LogP contribution in [0.3, 0.4) is 0 Å². The zero-order valence-corrected chi connectivity index (χ0v) is 10.7. The van der Waals surface area contributed by atoms with Crippen molar-refractivity contribution in [3.8, 4) is 11.8 Å². The second kappa shape index (κ2) is 5.87. The molecule has 0 N–H and O–H groups in total. The predicted molar refractivity (Wildman–Crippen MR) is 71.0 cm³/mol. The van der Waals surface area contributed by atoms with Crippen molar-refractivity contribution in [2.24, 2.45) is 7.05 Å². The van der Waals surface area contributed by atoms with Crippen LogP contribution in [0.15, 0.2) is 42.6 Å². The number of carbonyl (C=O) groups excluding carboxylic acids is 1. The number of hydrogen-bond acceptors (Lipinski definition) is 3. The van der Waals surface area contributed by atoms with Gasteiger partial charge in [0.1, 0.15) is 5.75 Å². The molecule has 0 saturated carbocycles. The number of nitriles is 1. The number of hydrogen-bond donors (Lipinski definition) is 0. The Bertz CT molecular complexity index is 606. The van der Waals surface area contributed by atoms with Gasteiger partial charge in [0.25, 0.3) is 0 Å². The lowest BCUT2D eigenvalue weighted by atomic mass is 10.2. The minimum absolute atomic E-state index is 0.00937. The van der Waals surface area contributed by atoms with Crippen LogP contribution in [0.5, 0.6) is 5.75 Å². The van der Waals surface area contributed by atoms with Gasteiger partial charge >= 0.3 is 0 Å². The van der Waals surface area contributed by atoms with Gasteiger partial charge in [-0.3, -0.25) is 4.79 Å². The number of aryl methyl sites for hydroxylation is 1. The van der Waals surface area contributed by atoms with Crippen molar-refractivity contribution in [2.45, 2.75) is 6.42 Å². The largest absolute Gasteiger partial charge is 0.485 e. The lowest BCUT2D eigenvalue weighted by Crippen LogP contribution is -2.14. The number of ether oxygens (including phenoxy) is 1. The summed E-state index contributed by atoms with van der Waals surface area (Å²) in [6.45, 7) is 0.00937. The molecule has 19 heavy (non-hydrogen) atoms. The molecular weight excluding hydrogens is 240 g/mol. The molecule has 1 aromatic heterocycles. The lowest BCUT2D eigenvalue weighted by Gasteiger charge is -2.06. The molecule has 4 heteroatoms. The second-order valence-electron chi connectivity index (χ2n) is 4.20. The van der Waals surface area contributed by atoms with Gasteiger partial charge in [-0.2, -0.15) is 5.26 Å². The maximum atomic E-state index is 11.9. The SMILES string of the molecule is Cn1cccc1C(=O)COc1ccc(CC#N)cc1. The smallest absolute Gasteiger partial charge is 0.216 e. The highest BCUT2D eigenvalue weighted by Crippen LogP contribution is 2.13. The van der Waals surface area contributed by atoms with Crippen LogP contribution in [0, 0.1) is 11.3 Å². The molecular formula is C15H14N2O2. The van der Waals surface area contributed by atoms with E-state index in [-0.39, 0.29) is 12.4 Å². The second-order valence-corrected chi connectivity index (χ2v) is 4.20. The van der Waals surface area contributed by atoms with Crippen LogP contribution in [-0.4, -0.2) is 17.0 Å². The van der Waals surface area contributed by atoms with Crippen molar-refractivity contribution in [2.75, 3.05) is 6.61 Å². The normalized spacial score (nSPS) is 9.89. The Labute approximate surface area is 111 Å². The molecule has 0 unspecified atom stereocenters. The highest BCUT2D eigenvalue weighted by molar-refractivity contribution is 5.95. The zero-order chi connectivity index (χ0) is 13.7. The maximum Gasteiger partial charge on any atom is 0.216 e. The number of rotatable bonds is 5. The van der Waals surface area contributed by atoms with Crippen molar-refractivity contribution >= 4 is 5.78 Å². The van der Waals surface area contributed by atoms with Gasteiger partial charge in [-0.15, -0.1) is 0 Å². The van der Waals surface area contributed by atoms with E-state index in [1.54, 1.807) is 22.8 Å². The van der Waals surface area contributed by atoms with Crippen LogP contribution < -0.4 is 4.74 Å². The van der Waals surface area contributed by atoms with Crippen LogP contribution in [0.25, 0.3) is 0 Å². The van der Waals surface area contributed by atoms with Crippen LogP contribution in [-0.2, 0) is 13.5 Å². The molecule has 0 aliphatic rings. The first kappa shape index (κ1) is 12.9. The van der Waals surface area contributed by atoms with Crippen LogP contribution in [0.4, 0.5) is 0 Å². The number of benzene rings is 1. The summed E-state index contributed by atoms with van der Waals surface area (Å²) in [4.78, 5) is 11.9. The molecule has 0 amide bonds. The van der Waals surface area contributed by atoms with Gasteiger partial charge in [-0.25, -0.2) is 0 Å². The third-order valence-corrected chi connectivity index (χ3v) is 2.81. The first-order valence-electron chi connectivity index (χ1n) is 5.94. The summed E-state index contributed by atoms with van der Waals surface area (Å²) in [6, 6.07) is 12.9. The van der Waals surface area contributed by atoms with Gasteiger partial charge in [0, 0.05) is 13.2 Å². The van der Waals surface area contributed by atoms with E-state index < -0.39 is 0 Å². The first-order chi connectivity index (χ1) is 9.20. The number of carbonyl (C=O) groups is 1. The Morgan fingerprint density at radius 1 is 1.32 bits per heavy atom. The van der Waals surface area contributed by atoms with E-state index in [9.17, 15) is 4.79 Å². The van der Waals surface area contributed by atoms with Gasteiger partial charge in [0.2, 0.25) is 5.78 Å². The Balaban J connectivity index is 1.94. The molecule has 96 valence electrons. The fraction of sp³-hybridized carbons (Fsp3) is 0.200. The summed E-state index contributed by atoms with van der Waals surface area (Å²) < 4.78 is 7.20. The number of nitrogens with zero attached hydrogens (tertiary/aromatic N) is 2. The Morgan fingerprint density at radius 2 is 2.05 bits per heavy atom. The third-order valence-electron chi connectivity index (χ3n) is 2.81. The van der Waals surface area contributed by atoms with Crippen molar-refractivity contribution in [3.63, 3.8) is 0 Å². The standard InChI is InChI=1S/C15H14N2O2/c1-17-10-2-3-14(17)15(18)11-19-13-6-4-12(5-7-13)8-9-16/h2-7,10H,8,11H2,1H3. The number of aromatic nitrogens is 1. The average Bonchev–Trinajstić information content (AvgIpc) is 2.84. The fourth-order valence-electron chi connectivity index (χ4n) is 1.77. The molecule has 0 spiro atoms. The molecule has 1 aromatic carbocycles. The molecule has 2 rings (SSSR count). The summed E-state index contributed by atoms with van der Waals surface area (Å²) in [7, 11) is 1.82. The monoisotopic (exact) mass is 254 g/mol. The maximum absolute atomic E-state index is 11.9. The highest BCUT2D eigenvalue weighted by Gasteiger charge is 2.09. The first-order valence-corrected chi connectivity index (χ1v) is 5.94. The molecule has 4 nitrogen and oxygen atoms in total. The summed E-state index contributed by atoms with van der Waals surface area (Å²) in [5.74, 6) is 0.567. The summed E-state index contributed by atoms with van der Waals surface area (Å²) in [6.07, 6.45) is 2.20. The van der Waals surface area contributed by atoms with Gasteiger partial charge in [0.15, 0.2) is 6.61 Å². The highest BCUT2D eigenvalue weighted by atomic mass is 16.5. The van der Waals surface area contributed by atoms with Gasteiger partial charge < -0.3 is 9.30 Å². The Hall–Kier alpha value is -2.54.